The first kappa shape index (κ1) is 42.5. The Balaban J connectivity index is 0.931. The molecule has 1 aliphatic heterocycles. The van der Waals surface area contributed by atoms with Crippen LogP contribution in [0.2, 0.25) is 0 Å². The summed E-state index contributed by atoms with van der Waals surface area (Å²) in [6.07, 6.45) is -0.0888. The van der Waals surface area contributed by atoms with Crippen molar-refractivity contribution < 1.29 is 9.15 Å². The Morgan fingerprint density at radius 2 is 1.12 bits per heavy atom. The van der Waals surface area contributed by atoms with Crippen LogP contribution in [-0.4, -0.2) is 6.10 Å². The molecule has 10 aromatic rings. The average Bonchev–Trinajstić information content (AvgIpc) is 4.17. The van der Waals surface area contributed by atoms with Crippen LogP contribution in [-0.2, 0) is 16.2 Å². The molecule has 0 spiro atoms. The number of hydrogen-bond acceptors (Lipinski definition) is 3. The van der Waals surface area contributed by atoms with E-state index in [9.17, 15) is 0 Å². The van der Waals surface area contributed by atoms with E-state index in [0.717, 1.165) is 44.9 Å². The van der Waals surface area contributed by atoms with Crippen LogP contribution < -0.4 is 9.64 Å². The number of anilines is 3. The number of fused-ring (bicyclic) bond motifs is 17. The lowest BCUT2D eigenvalue weighted by Gasteiger charge is -2.38. The molecular weight excluding hydrogens is 887 g/mol. The quantitative estimate of drug-likeness (QED) is 0.172. The third-order valence-corrected chi connectivity index (χ3v) is 17.7. The molecule has 2 atom stereocenters. The lowest BCUT2D eigenvalue weighted by atomic mass is 9.66. The molecule has 0 bridgehead atoms. The summed E-state index contributed by atoms with van der Waals surface area (Å²) in [5.74, 6) is 1.13. The Kier molecular flexibility index (Phi) is 8.59. The Morgan fingerprint density at radius 1 is 0.466 bits per heavy atom. The predicted molar refractivity (Wildman–Crippen MR) is 302 cm³/mol. The fourth-order valence-corrected chi connectivity index (χ4v) is 14.4. The number of hydrogen-bond donors (Lipinski definition) is 0. The van der Waals surface area contributed by atoms with Crippen LogP contribution in [0, 0.1) is 6.92 Å². The van der Waals surface area contributed by atoms with Gasteiger partial charge in [0.25, 0.3) is 0 Å². The van der Waals surface area contributed by atoms with Gasteiger partial charge in [-0.25, -0.2) is 0 Å². The molecule has 0 amide bonds. The van der Waals surface area contributed by atoms with E-state index in [2.05, 4.69) is 247 Å². The lowest BCUT2D eigenvalue weighted by Crippen LogP contribution is -2.33. The van der Waals surface area contributed by atoms with Gasteiger partial charge in [0.05, 0.1) is 0 Å². The maximum atomic E-state index is 7.12. The summed E-state index contributed by atoms with van der Waals surface area (Å²) >= 11 is 0. The van der Waals surface area contributed by atoms with Crippen molar-refractivity contribution in [3.63, 3.8) is 0 Å². The molecule has 2 heterocycles. The molecule has 4 aliphatic carbocycles. The van der Waals surface area contributed by atoms with Crippen molar-refractivity contribution in [3.05, 3.63) is 250 Å². The minimum Gasteiger partial charge on any atom is -0.484 e. The van der Waals surface area contributed by atoms with E-state index in [-0.39, 0.29) is 28.3 Å². The van der Waals surface area contributed by atoms with Crippen LogP contribution >= 0.6 is 0 Å². The third kappa shape index (κ3) is 5.66. The van der Waals surface area contributed by atoms with Crippen molar-refractivity contribution in [2.75, 3.05) is 4.90 Å². The van der Waals surface area contributed by atoms with Crippen molar-refractivity contribution in [1.82, 2.24) is 0 Å². The largest absolute Gasteiger partial charge is 0.484 e. The number of benzene rings is 9. The summed E-state index contributed by atoms with van der Waals surface area (Å²) in [7, 11) is 0. The Bertz CT molecular complexity index is 4120. The molecule has 3 heteroatoms. The van der Waals surface area contributed by atoms with Crippen molar-refractivity contribution in [2.45, 2.75) is 76.7 Å². The fourth-order valence-electron chi connectivity index (χ4n) is 14.4. The molecule has 0 saturated heterocycles. The minimum atomic E-state index is -0.336. The van der Waals surface area contributed by atoms with Gasteiger partial charge in [-0.15, -0.1) is 0 Å². The number of allylic oxidation sites excluding steroid dienone is 2. The molecule has 0 fully saturated rings. The lowest BCUT2D eigenvalue weighted by molar-refractivity contribution is 0.251. The molecule has 15 rings (SSSR count). The second kappa shape index (κ2) is 14.7. The van der Waals surface area contributed by atoms with Crippen LogP contribution in [0.15, 0.2) is 210 Å². The molecule has 73 heavy (non-hydrogen) atoms. The number of rotatable bonds is 5. The van der Waals surface area contributed by atoms with Gasteiger partial charge >= 0.3 is 0 Å². The van der Waals surface area contributed by atoms with Crippen LogP contribution in [0.4, 0.5) is 17.1 Å². The molecule has 5 aliphatic rings. The predicted octanol–water partition coefficient (Wildman–Crippen LogP) is 18.4. The highest BCUT2D eigenvalue weighted by atomic mass is 16.5. The summed E-state index contributed by atoms with van der Waals surface area (Å²) in [6.45, 7) is 16.9. The van der Waals surface area contributed by atoms with Crippen LogP contribution in [0.3, 0.4) is 0 Å². The van der Waals surface area contributed by atoms with E-state index in [1.807, 2.05) is 0 Å². The Labute approximate surface area is 427 Å². The fraction of sp³-hybridized carbons (Fsp3) is 0.171. The first-order chi connectivity index (χ1) is 35.4. The number of furan rings is 1. The highest BCUT2D eigenvalue weighted by Crippen LogP contribution is 2.68. The molecule has 9 aromatic carbocycles. The number of nitrogens with zero attached hydrogens (tertiary/aromatic N) is 1. The number of aryl methyl sites for hydroxylation is 1. The maximum Gasteiger partial charge on any atom is 0.143 e. The summed E-state index contributed by atoms with van der Waals surface area (Å²) < 4.78 is 14.1. The first-order valence-electron chi connectivity index (χ1n) is 26.1. The van der Waals surface area contributed by atoms with E-state index in [1.54, 1.807) is 0 Å². The third-order valence-electron chi connectivity index (χ3n) is 17.7. The molecule has 352 valence electrons. The zero-order valence-corrected chi connectivity index (χ0v) is 42.4. The Morgan fingerprint density at radius 3 is 1.92 bits per heavy atom. The standard InChI is InChI=1S/C70H55NO2/c1-40-20-19-23-42(36-40)71(44-33-35-49-55(38-44)70(6,7)64-60(49)62-51-28-15-18-31-58(51)73-67(62)63-47-26-13-16-29-53(47)69(4,5)65(63)64)43-32-34-48-54(37-43)68(2,3)56-39-52(46-25-12-11-24-45(46)41-21-9-8-10-22-41)66-61(59(48)56)50-27-14-17-30-57(50)72-66/h8-39,63,67H,1-7H3. The van der Waals surface area contributed by atoms with Crippen molar-refractivity contribution in [2.24, 2.45) is 0 Å². The molecule has 0 N–H and O–H groups in total. The monoisotopic (exact) mass is 941 g/mol. The van der Waals surface area contributed by atoms with E-state index in [4.69, 9.17) is 9.15 Å². The van der Waals surface area contributed by atoms with E-state index < -0.39 is 0 Å². The van der Waals surface area contributed by atoms with Gasteiger partial charge in [-0.05, 0) is 145 Å². The van der Waals surface area contributed by atoms with E-state index in [1.165, 1.54) is 100 Å². The summed E-state index contributed by atoms with van der Waals surface area (Å²) in [5.41, 5.74) is 27.9. The minimum absolute atomic E-state index is 0.0888. The van der Waals surface area contributed by atoms with Gasteiger partial charge in [-0.3, -0.25) is 0 Å². The number of ether oxygens (including phenoxy) is 1. The van der Waals surface area contributed by atoms with Gasteiger partial charge in [0.15, 0.2) is 0 Å². The van der Waals surface area contributed by atoms with Crippen molar-refractivity contribution >= 4 is 50.1 Å². The SMILES string of the molecule is Cc1cccc(N(c2ccc3c(c2)C(C)(C)C2=C4C(c5ccccc5C4(C)C)C4Oc5ccccc5C4=C23)c2ccc3c(c2)C(C)(C)c2cc(-c4ccccc4-c4ccccc4)c4oc5ccccc5c4c2-3)c1. The van der Waals surface area contributed by atoms with E-state index in [0.29, 0.717) is 0 Å². The highest BCUT2D eigenvalue weighted by Gasteiger charge is 2.58. The zero-order chi connectivity index (χ0) is 49.3. The maximum absolute atomic E-state index is 7.12. The second-order valence-corrected chi connectivity index (χ2v) is 22.7. The number of para-hydroxylation sites is 2. The normalized spacial score (nSPS) is 18.7. The van der Waals surface area contributed by atoms with Gasteiger partial charge in [-0.2, -0.15) is 0 Å². The molecule has 2 unspecified atom stereocenters. The molecule has 3 nitrogen and oxygen atoms in total. The van der Waals surface area contributed by atoms with Crippen LogP contribution in [0.1, 0.15) is 92.0 Å². The Hall–Kier alpha value is -8.14. The summed E-state index contributed by atoms with van der Waals surface area (Å²) in [5, 5.41) is 2.33. The van der Waals surface area contributed by atoms with Crippen LogP contribution in [0.5, 0.6) is 5.75 Å². The molecule has 0 radical (unpaired) electrons. The van der Waals surface area contributed by atoms with Gasteiger partial charge in [0, 0.05) is 66.7 Å². The van der Waals surface area contributed by atoms with Gasteiger partial charge in [-0.1, -0.05) is 181 Å². The van der Waals surface area contributed by atoms with Gasteiger partial charge < -0.3 is 14.1 Å². The molecular formula is C70H55NO2. The van der Waals surface area contributed by atoms with Crippen LogP contribution in [0.25, 0.3) is 66.5 Å². The molecule has 1 aromatic heterocycles. The highest BCUT2D eigenvalue weighted by molar-refractivity contribution is 6.19. The second-order valence-electron chi connectivity index (χ2n) is 22.7. The van der Waals surface area contributed by atoms with Gasteiger partial charge in [0.1, 0.15) is 23.0 Å². The van der Waals surface area contributed by atoms with Gasteiger partial charge in [0.2, 0.25) is 0 Å². The topological polar surface area (TPSA) is 25.6 Å². The average molecular weight is 942 g/mol. The van der Waals surface area contributed by atoms with E-state index >= 15 is 0 Å². The first-order valence-corrected chi connectivity index (χ1v) is 26.1. The summed E-state index contributed by atoms with van der Waals surface area (Å²) in [6, 6.07) is 72.0. The smallest absolute Gasteiger partial charge is 0.143 e. The summed E-state index contributed by atoms with van der Waals surface area (Å²) in [4.78, 5) is 2.50. The molecule has 0 saturated carbocycles. The van der Waals surface area contributed by atoms with Crippen molar-refractivity contribution in [1.29, 1.82) is 0 Å². The zero-order valence-electron chi connectivity index (χ0n) is 42.4. The van der Waals surface area contributed by atoms with Crippen molar-refractivity contribution in [3.8, 4) is 39.1 Å².